The van der Waals surface area contributed by atoms with E-state index in [1.54, 1.807) is 11.1 Å². The van der Waals surface area contributed by atoms with E-state index in [0.29, 0.717) is 0 Å². The molecule has 0 spiro atoms. The van der Waals surface area contributed by atoms with Crippen LogP contribution >= 0.6 is 0 Å². The monoisotopic (exact) mass is 182 g/mol. The molecule has 1 aromatic carbocycles. The first-order valence-electron chi connectivity index (χ1n) is 5.63. The molecule has 2 saturated carbocycles. The SMILES string of the molecule is C=CC1[C@@H]2[C@H]1[C@@H]1C[C@H]2c2ccccc21. The summed E-state index contributed by atoms with van der Waals surface area (Å²) in [5, 5.41) is 0. The lowest BCUT2D eigenvalue weighted by Crippen LogP contribution is -1.99. The van der Waals surface area contributed by atoms with Crippen LogP contribution in [0.5, 0.6) is 0 Å². The van der Waals surface area contributed by atoms with Gasteiger partial charge in [-0.15, -0.1) is 6.58 Å². The Balaban J connectivity index is 1.86. The molecular weight excluding hydrogens is 168 g/mol. The van der Waals surface area contributed by atoms with Crippen LogP contribution in [0.2, 0.25) is 0 Å². The number of fused-ring (bicyclic) bond motifs is 8. The van der Waals surface area contributed by atoms with Crippen molar-refractivity contribution < 1.29 is 0 Å². The molecule has 0 aromatic heterocycles. The number of allylic oxidation sites excluding steroid dienone is 1. The van der Waals surface area contributed by atoms with E-state index in [-0.39, 0.29) is 0 Å². The first-order chi connectivity index (χ1) is 6.92. The molecule has 14 heavy (non-hydrogen) atoms. The maximum atomic E-state index is 3.96. The Labute approximate surface area is 84.6 Å². The van der Waals surface area contributed by atoms with Crippen molar-refractivity contribution in [3.63, 3.8) is 0 Å². The first-order valence-corrected chi connectivity index (χ1v) is 5.63. The predicted molar refractivity (Wildman–Crippen MR) is 57.2 cm³/mol. The van der Waals surface area contributed by atoms with Crippen molar-refractivity contribution in [2.75, 3.05) is 0 Å². The third-order valence-corrected chi connectivity index (χ3v) is 4.70. The minimum Gasteiger partial charge on any atom is -0.103 e. The highest BCUT2D eigenvalue weighted by molar-refractivity contribution is 5.47. The van der Waals surface area contributed by atoms with Gasteiger partial charge in [-0.25, -0.2) is 0 Å². The largest absolute Gasteiger partial charge is 0.103 e. The quantitative estimate of drug-likeness (QED) is 0.584. The van der Waals surface area contributed by atoms with Gasteiger partial charge in [0.05, 0.1) is 0 Å². The zero-order chi connectivity index (χ0) is 9.28. The molecular formula is C14H14. The molecule has 70 valence electrons. The van der Waals surface area contributed by atoms with E-state index in [4.69, 9.17) is 0 Å². The van der Waals surface area contributed by atoms with Crippen LogP contribution in [0.3, 0.4) is 0 Å². The second kappa shape index (κ2) is 2.13. The van der Waals surface area contributed by atoms with Crippen molar-refractivity contribution in [2.24, 2.45) is 17.8 Å². The van der Waals surface area contributed by atoms with Gasteiger partial charge < -0.3 is 0 Å². The summed E-state index contributed by atoms with van der Waals surface area (Å²) in [4.78, 5) is 0. The highest BCUT2D eigenvalue weighted by Crippen LogP contribution is 2.74. The lowest BCUT2D eigenvalue weighted by molar-refractivity contribution is 0.586. The van der Waals surface area contributed by atoms with Crippen LogP contribution in [0.1, 0.15) is 29.4 Å². The van der Waals surface area contributed by atoms with Crippen LogP contribution in [-0.4, -0.2) is 0 Å². The van der Waals surface area contributed by atoms with Crippen LogP contribution in [0, 0.1) is 17.8 Å². The smallest absolute Gasteiger partial charge is 0.0116 e. The van der Waals surface area contributed by atoms with Gasteiger partial charge in [-0.1, -0.05) is 30.3 Å². The van der Waals surface area contributed by atoms with Crippen molar-refractivity contribution in [2.45, 2.75) is 18.3 Å². The van der Waals surface area contributed by atoms with Crippen LogP contribution in [0.15, 0.2) is 36.9 Å². The van der Waals surface area contributed by atoms with Gasteiger partial charge in [-0.2, -0.15) is 0 Å². The fourth-order valence-electron chi connectivity index (χ4n) is 4.21. The molecule has 0 N–H and O–H groups in total. The Morgan fingerprint density at radius 1 is 1.07 bits per heavy atom. The maximum Gasteiger partial charge on any atom is -0.0116 e. The fourth-order valence-corrected chi connectivity index (χ4v) is 4.21. The van der Waals surface area contributed by atoms with Crippen LogP contribution in [0.25, 0.3) is 0 Å². The average Bonchev–Trinajstić information content (AvgIpc) is 2.69. The van der Waals surface area contributed by atoms with Crippen molar-refractivity contribution in [3.8, 4) is 0 Å². The minimum absolute atomic E-state index is 0.839. The topological polar surface area (TPSA) is 0 Å². The van der Waals surface area contributed by atoms with Crippen molar-refractivity contribution in [1.29, 1.82) is 0 Å². The van der Waals surface area contributed by atoms with Crippen LogP contribution in [0.4, 0.5) is 0 Å². The molecule has 0 aliphatic heterocycles. The maximum absolute atomic E-state index is 3.96. The molecule has 0 radical (unpaired) electrons. The van der Waals surface area contributed by atoms with Crippen molar-refractivity contribution >= 4 is 0 Å². The molecule has 5 atom stereocenters. The van der Waals surface area contributed by atoms with Gasteiger partial charge in [-0.3, -0.25) is 0 Å². The predicted octanol–water partition coefficient (Wildman–Crippen LogP) is 3.32. The minimum atomic E-state index is 0.839. The summed E-state index contributed by atoms with van der Waals surface area (Å²) in [7, 11) is 0. The van der Waals surface area contributed by atoms with E-state index in [1.165, 1.54) is 6.42 Å². The van der Waals surface area contributed by atoms with E-state index in [1.807, 2.05) is 0 Å². The van der Waals surface area contributed by atoms with E-state index in [0.717, 1.165) is 29.6 Å². The average molecular weight is 182 g/mol. The van der Waals surface area contributed by atoms with E-state index in [9.17, 15) is 0 Å². The van der Waals surface area contributed by atoms with Crippen molar-refractivity contribution in [3.05, 3.63) is 48.0 Å². The van der Waals surface area contributed by atoms with Gasteiger partial charge in [0.25, 0.3) is 0 Å². The number of hydrogen-bond acceptors (Lipinski definition) is 0. The second-order valence-electron chi connectivity index (χ2n) is 5.05. The molecule has 0 heterocycles. The first kappa shape index (κ1) is 7.28. The van der Waals surface area contributed by atoms with Gasteiger partial charge in [0.15, 0.2) is 0 Å². The molecule has 1 aromatic rings. The second-order valence-corrected chi connectivity index (χ2v) is 5.05. The van der Waals surface area contributed by atoms with Crippen LogP contribution < -0.4 is 0 Å². The van der Waals surface area contributed by atoms with Gasteiger partial charge in [0.2, 0.25) is 0 Å². The van der Waals surface area contributed by atoms with Gasteiger partial charge in [-0.05, 0) is 47.1 Å². The normalized spacial score (nSPS) is 45.9. The van der Waals surface area contributed by atoms with Gasteiger partial charge in [0.1, 0.15) is 0 Å². The standard InChI is InChI=1S/C14H14/c1-2-8-13-11-7-12(14(8)13)10-6-4-3-5-9(10)11/h2-6,8,11-14H,1,7H2/t8?,11-,12+,13-,14+. The Hall–Kier alpha value is -1.04. The highest BCUT2D eigenvalue weighted by Gasteiger charge is 2.65. The number of hydrogen-bond donors (Lipinski definition) is 0. The summed E-state index contributed by atoms with van der Waals surface area (Å²) >= 11 is 0. The third kappa shape index (κ3) is 0.618. The molecule has 1 unspecified atom stereocenters. The summed E-state index contributed by atoms with van der Waals surface area (Å²) in [5.74, 6) is 4.53. The van der Waals surface area contributed by atoms with Gasteiger partial charge in [0, 0.05) is 0 Å². The lowest BCUT2D eigenvalue weighted by atomic mass is 9.92. The summed E-state index contributed by atoms with van der Waals surface area (Å²) < 4.78 is 0. The molecule has 4 rings (SSSR count). The zero-order valence-corrected chi connectivity index (χ0v) is 8.19. The van der Waals surface area contributed by atoms with Gasteiger partial charge >= 0.3 is 0 Å². The van der Waals surface area contributed by atoms with Crippen molar-refractivity contribution in [1.82, 2.24) is 0 Å². The Kier molecular flexibility index (Phi) is 1.11. The van der Waals surface area contributed by atoms with E-state index in [2.05, 4.69) is 36.9 Å². The summed E-state index contributed by atoms with van der Waals surface area (Å²) in [6.07, 6.45) is 3.62. The number of benzene rings is 1. The van der Waals surface area contributed by atoms with E-state index >= 15 is 0 Å². The molecule has 2 fully saturated rings. The summed E-state index contributed by atoms with van der Waals surface area (Å²) in [6, 6.07) is 9.07. The molecule has 0 heteroatoms. The zero-order valence-electron chi connectivity index (χ0n) is 8.19. The molecule has 0 nitrogen and oxygen atoms in total. The third-order valence-electron chi connectivity index (χ3n) is 4.70. The molecule has 0 amide bonds. The Morgan fingerprint density at radius 2 is 1.64 bits per heavy atom. The number of rotatable bonds is 1. The Bertz CT molecular complexity index is 383. The lowest BCUT2D eigenvalue weighted by Gasteiger charge is -2.12. The fraction of sp³-hybridized carbons (Fsp3) is 0.429. The highest BCUT2D eigenvalue weighted by atomic mass is 14.7. The molecule has 0 saturated heterocycles. The molecule has 2 bridgehead atoms. The molecule has 3 aliphatic carbocycles. The Morgan fingerprint density at radius 3 is 2.14 bits per heavy atom. The van der Waals surface area contributed by atoms with E-state index < -0.39 is 0 Å². The summed E-state index contributed by atoms with van der Waals surface area (Å²) in [5.41, 5.74) is 3.31. The molecule has 3 aliphatic rings. The summed E-state index contributed by atoms with van der Waals surface area (Å²) in [6.45, 7) is 3.96. The van der Waals surface area contributed by atoms with Crippen LogP contribution in [-0.2, 0) is 0 Å².